The van der Waals surface area contributed by atoms with Crippen LogP contribution >= 0.6 is 12.4 Å². The molecule has 0 fully saturated rings. The normalized spacial score (nSPS) is 9.76. The van der Waals surface area contributed by atoms with Gasteiger partial charge < -0.3 is 25.3 Å². The summed E-state index contributed by atoms with van der Waals surface area (Å²) in [4.78, 5) is 12.3. The summed E-state index contributed by atoms with van der Waals surface area (Å²) < 4.78 is 16.0. The van der Waals surface area contributed by atoms with Gasteiger partial charge in [0.1, 0.15) is 0 Å². The van der Waals surface area contributed by atoms with Gasteiger partial charge >= 0.3 is 0 Å². The molecule has 7 heteroatoms. The van der Waals surface area contributed by atoms with Crippen LogP contribution in [-0.4, -0.2) is 27.2 Å². The van der Waals surface area contributed by atoms with Crippen LogP contribution in [0.4, 0.5) is 0 Å². The second-order valence-corrected chi connectivity index (χ2v) is 5.08. The molecule has 6 nitrogen and oxygen atoms in total. The molecule has 0 bridgehead atoms. The summed E-state index contributed by atoms with van der Waals surface area (Å²) in [6.45, 7) is 0.756. The van der Waals surface area contributed by atoms with Gasteiger partial charge in [-0.05, 0) is 29.8 Å². The first-order valence-electron chi connectivity index (χ1n) is 7.49. The van der Waals surface area contributed by atoms with E-state index in [9.17, 15) is 4.79 Å². The van der Waals surface area contributed by atoms with Gasteiger partial charge in [-0.1, -0.05) is 12.1 Å². The highest BCUT2D eigenvalue weighted by Gasteiger charge is 2.16. The molecule has 0 aliphatic heterocycles. The second kappa shape index (κ2) is 9.76. The average molecular weight is 367 g/mol. The number of carbonyl (C=O) groups is 1. The first kappa shape index (κ1) is 20.6. The Morgan fingerprint density at radius 3 is 2.12 bits per heavy atom. The van der Waals surface area contributed by atoms with E-state index in [2.05, 4.69) is 5.32 Å². The predicted molar refractivity (Wildman–Crippen MR) is 98.8 cm³/mol. The highest BCUT2D eigenvalue weighted by molar-refractivity contribution is 5.94. The zero-order valence-electron chi connectivity index (χ0n) is 14.5. The lowest BCUT2D eigenvalue weighted by molar-refractivity contribution is 0.0950. The predicted octanol–water partition coefficient (Wildman–Crippen LogP) is 2.52. The molecule has 0 radical (unpaired) electrons. The van der Waals surface area contributed by atoms with Crippen molar-refractivity contribution >= 4 is 18.3 Å². The molecule has 0 unspecified atom stereocenters. The van der Waals surface area contributed by atoms with Crippen molar-refractivity contribution in [3.05, 3.63) is 53.1 Å². The van der Waals surface area contributed by atoms with Gasteiger partial charge in [-0.2, -0.15) is 0 Å². The number of benzene rings is 2. The van der Waals surface area contributed by atoms with Crippen molar-refractivity contribution in [2.45, 2.75) is 13.1 Å². The Hall–Kier alpha value is -2.44. The third-order valence-corrected chi connectivity index (χ3v) is 3.68. The molecule has 2 aromatic carbocycles. The largest absolute Gasteiger partial charge is 0.493 e. The van der Waals surface area contributed by atoms with E-state index >= 15 is 0 Å². The lowest BCUT2D eigenvalue weighted by Crippen LogP contribution is -2.23. The first-order valence-corrected chi connectivity index (χ1v) is 7.49. The molecule has 0 saturated carbocycles. The van der Waals surface area contributed by atoms with Gasteiger partial charge in [-0.15, -0.1) is 12.4 Å². The van der Waals surface area contributed by atoms with Gasteiger partial charge in [0.05, 0.1) is 21.3 Å². The summed E-state index contributed by atoms with van der Waals surface area (Å²) >= 11 is 0. The standard InChI is InChI=1S/C18H22N2O4.ClH/c1-22-15-9-8-14(16(23-2)17(15)24-3)11-20-18(21)13-6-4-12(10-19)5-7-13;/h4-9H,10-11,19H2,1-3H3,(H,20,21);1H. The fourth-order valence-corrected chi connectivity index (χ4v) is 2.37. The topological polar surface area (TPSA) is 82.8 Å². The maximum Gasteiger partial charge on any atom is 0.251 e. The van der Waals surface area contributed by atoms with Gasteiger partial charge in [-0.25, -0.2) is 0 Å². The Morgan fingerprint density at radius 2 is 1.60 bits per heavy atom. The number of methoxy groups -OCH3 is 3. The van der Waals surface area contributed by atoms with E-state index in [0.717, 1.165) is 11.1 Å². The molecule has 0 atom stereocenters. The highest BCUT2D eigenvalue weighted by Crippen LogP contribution is 2.39. The Labute approximate surface area is 153 Å². The zero-order valence-corrected chi connectivity index (χ0v) is 15.3. The molecule has 3 N–H and O–H groups in total. The Balaban J connectivity index is 0.00000312. The minimum absolute atomic E-state index is 0. The van der Waals surface area contributed by atoms with E-state index in [1.807, 2.05) is 18.2 Å². The molecule has 0 saturated heterocycles. The van der Waals surface area contributed by atoms with Crippen LogP contribution in [0.15, 0.2) is 36.4 Å². The average Bonchev–Trinajstić information content (AvgIpc) is 2.64. The van der Waals surface area contributed by atoms with Crippen LogP contribution in [-0.2, 0) is 13.1 Å². The summed E-state index contributed by atoms with van der Waals surface area (Å²) in [5.41, 5.74) is 7.91. The molecule has 1 amide bonds. The fraction of sp³-hybridized carbons (Fsp3) is 0.278. The monoisotopic (exact) mass is 366 g/mol. The number of halogens is 1. The fourth-order valence-electron chi connectivity index (χ4n) is 2.37. The molecule has 2 rings (SSSR count). The molecule has 136 valence electrons. The minimum atomic E-state index is -0.171. The lowest BCUT2D eigenvalue weighted by Gasteiger charge is -2.16. The first-order chi connectivity index (χ1) is 11.6. The van der Waals surface area contributed by atoms with Gasteiger partial charge in [0.2, 0.25) is 5.75 Å². The number of ether oxygens (including phenoxy) is 3. The van der Waals surface area contributed by atoms with Crippen molar-refractivity contribution in [1.29, 1.82) is 0 Å². The third-order valence-electron chi connectivity index (χ3n) is 3.68. The summed E-state index contributed by atoms with van der Waals surface area (Å²) in [6.07, 6.45) is 0. The molecule has 0 heterocycles. The maximum absolute atomic E-state index is 12.3. The zero-order chi connectivity index (χ0) is 17.5. The molecular formula is C18H23ClN2O4. The summed E-state index contributed by atoms with van der Waals surface area (Å²) in [5.74, 6) is 1.44. The Bertz CT molecular complexity index is 705. The van der Waals surface area contributed by atoms with Crippen molar-refractivity contribution in [2.75, 3.05) is 21.3 Å². The van der Waals surface area contributed by atoms with Crippen LogP contribution in [0.1, 0.15) is 21.5 Å². The van der Waals surface area contributed by atoms with Gasteiger partial charge in [0.25, 0.3) is 5.91 Å². The van der Waals surface area contributed by atoms with Gasteiger partial charge in [0.15, 0.2) is 11.5 Å². The van der Waals surface area contributed by atoms with E-state index < -0.39 is 0 Å². The van der Waals surface area contributed by atoms with E-state index in [-0.39, 0.29) is 18.3 Å². The summed E-state index contributed by atoms with van der Waals surface area (Å²) in [6, 6.07) is 10.8. The summed E-state index contributed by atoms with van der Waals surface area (Å²) in [5, 5.41) is 2.87. The maximum atomic E-state index is 12.3. The molecule has 25 heavy (non-hydrogen) atoms. The number of carbonyl (C=O) groups excluding carboxylic acids is 1. The van der Waals surface area contributed by atoms with Crippen LogP contribution in [0.25, 0.3) is 0 Å². The Kier molecular flexibility index (Phi) is 8.04. The number of nitrogens with one attached hydrogen (secondary N) is 1. The van der Waals surface area contributed by atoms with Crippen LogP contribution < -0.4 is 25.3 Å². The van der Waals surface area contributed by atoms with Crippen molar-refractivity contribution in [3.8, 4) is 17.2 Å². The van der Waals surface area contributed by atoms with E-state index in [4.69, 9.17) is 19.9 Å². The third kappa shape index (κ3) is 4.78. The van der Waals surface area contributed by atoms with Crippen LogP contribution in [0.5, 0.6) is 17.2 Å². The SMILES string of the molecule is COc1ccc(CNC(=O)c2ccc(CN)cc2)c(OC)c1OC.Cl. The number of hydrogen-bond donors (Lipinski definition) is 2. The van der Waals surface area contributed by atoms with Gasteiger partial charge in [-0.3, -0.25) is 4.79 Å². The van der Waals surface area contributed by atoms with Gasteiger partial charge in [0, 0.05) is 24.2 Å². The number of nitrogens with two attached hydrogens (primary N) is 1. The molecule has 0 aliphatic rings. The molecule has 0 spiro atoms. The number of amides is 1. The highest BCUT2D eigenvalue weighted by atomic mass is 35.5. The van der Waals surface area contributed by atoms with E-state index in [1.54, 1.807) is 39.5 Å². The lowest BCUT2D eigenvalue weighted by atomic mass is 10.1. The Morgan fingerprint density at radius 1 is 0.960 bits per heavy atom. The molecule has 2 aromatic rings. The van der Waals surface area contributed by atoms with Crippen molar-refractivity contribution in [2.24, 2.45) is 5.73 Å². The van der Waals surface area contributed by atoms with E-state index in [1.165, 1.54) is 0 Å². The number of hydrogen-bond acceptors (Lipinski definition) is 5. The van der Waals surface area contributed by atoms with E-state index in [0.29, 0.717) is 35.9 Å². The van der Waals surface area contributed by atoms with Crippen molar-refractivity contribution in [1.82, 2.24) is 5.32 Å². The van der Waals surface area contributed by atoms with Crippen LogP contribution in [0.2, 0.25) is 0 Å². The quantitative estimate of drug-likeness (QED) is 0.786. The molecule has 0 aliphatic carbocycles. The minimum Gasteiger partial charge on any atom is -0.493 e. The van der Waals surface area contributed by atoms with Crippen LogP contribution in [0, 0.1) is 0 Å². The van der Waals surface area contributed by atoms with Crippen molar-refractivity contribution < 1.29 is 19.0 Å². The summed E-state index contributed by atoms with van der Waals surface area (Å²) in [7, 11) is 4.65. The second-order valence-electron chi connectivity index (χ2n) is 5.08. The smallest absolute Gasteiger partial charge is 0.251 e. The number of rotatable bonds is 7. The molecule has 0 aromatic heterocycles. The van der Waals surface area contributed by atoms with Crippen LogP contribution in [0.3, 0.4) is 0 Å². The van der Waals surface area contributed by atoms with Crippen molar-refractivity contribution in [3.63, 3.8) is 0 Å². The molecular weight excluding hydrogens is 344 g/mol.